The first-order valence-electron chi connectivity index (χ1n) is 6.08. The maximum atomic E-state index is 9.59. The zero-order valence-electron chi connectivity index (χ0n) is 9.65. The lowest BCUT2D eigenvalue weighted by Gasteiger charge is -2.32. The number of β-amino-alcohol motifs (C(OH)–C–C–N with tert-alkyl or cyclic N) is 1. The number of ether oxygens (including phenoxy) is 1. The van der Waals surface area contributed by atoms with Gasteiger partial charge in [-0.05, 0) is 13.0 Å². The van der Waals surface area contributed by atoms with Gasteiger partial charge in [-0.1, -0.05) is 15.9 Å². The zero-order chi connectivity index (χ0) is 11.4. The summed E-state index contributed by atoms with van der Waals surface area (Å²) in [7, 11) is 0. The average Bonchev–Trinajstić information content (AvgIpc) is 2.78. The predicted molar refractivity (Wildman–Crippen MR) is 67.0 cm³/mol. The number of rotatable bonds is 4. The van der Waals surface area contributed by atoms with Crippen LogP contribution in [-0.4, -0.2) is 78.3 Å². The van der Waals surface area contributed by atoms with E-state index in [9.17, 15) is 5.11 Å². The standard InChI is InChI=1S/C11H21BrN2O2/c12-7-11(15)9-13-2-1-10(8-13)14-3-5-16-6-4-14/h10-11,15H,1-9H2. The lowest BCUT2D eigenvalue weighted by Crippen LogP contribution is -2.45. The summed E-state index contributed by atoms with van der Waals surface area (Å²) in [5.74, 6) is 0. The van der Waals surface area contributed by atoms with Crippen LogP contribution >= 0.6 is 15.9 Å². The van der Waals surface area contributed by atoms with Crippen molar-refractivity contribution >= 4 is 15.9 Å². The van der Waals surface area contributed by atoms with E-state index in [1.54, 1.807) is 0 Å². The van der Waals surface area contributed by atoms with Gasteiger partial charge in [0.2, 0.25) is 0 Å². The quantitative estimate of drug-likeness (QED) is 0.749. The normalized spacial score (nSPS) is 30.8. The Hall–Kier alpha value is 0.320. The number of hydrogen-bond donors (Lipinski definition) is 1. The molecule has 4 nitrogen and oxygen atoms in total. The molecule has 16 heavy (non-hydrogen) atoms. The molecule has 2 heterocycles. The van der Waals surface area contributed by atoms with Crippen molar-refractivity contribution in [1.29, 1.82) is 0 Å². The van der Waals surface area contributed by atoms with Crippen molar-refractivity contribution in [2.75, 3.05) is 51.3 Å². The van der Waals surface area contributed by atoms with E-state index in [0.29, 0.717) is 11.4 Å². The summed E-state index contributed by atoms with van der Waals surface area (Å²) < 4.78 is 5.37. The second-order valence-electron chi connectivity index (χ2n) is 4.66. The van der Waals surface area contributed by atoms with Crippen LogP contribution < -0.4 is 0 Å². The zero-order valence-corrected chi connectivity index (χ0v) is 11.2. The Kier molecular flexibility index (Phi) is 5.03. The van der Waals surface area contributed by atoms with Crippen molar-refractivity contribution < 1.29 is 9.84 Å². The summed E-state index contributed by atoms with van der Waals surface area (Å²) >= 11 is 3.31. The van der Waals surface area contributed by atoms with Gasteiger partial charge < -0.3 is 9.84 Å². The number of halogens is 1. The number of hydrogen-bond acceptors (Lipinski definition) is 4. The summed E-state index contributed by atoms with van der Waals surface area (Å²) in [5, 5.41) is 10.3. The second kappa shape index (κ2) is 6.31. The molecule has 2 atom stereocenters. The van der Waals surface area contributed by atoms with Crippen LogP contribution in [0.25, 0.3) is 0 Å². The van der Waals surface area contributed by atoms with Crippen LogP contribution in [0.15, 0.2) is 0 Å². The van der Waals surface area contributed by atoms with E-state index in [4.69, 9.17) is 4.74 Å². The fraction of sp³-hybridized carbons (Fsp3) is 1.00. The van der Waals surface area contributed by atoms with Crippen molar-refractivity contribution in [3.05, 3.63) is 0 Å². The van der Waals surface area contributed by atoms with Crippen LogP contribution in [-0.2, 0) is 4.74 Å². The van der Waals surface area contributed by atoms with Gasteiger partial charge in [-0.15, -0.1) is 0 Å². The molecule has 0 aromatic carbocycles. The van der Waals surface area contributed by atoms with E-state index in [0.717, 1.165) is 45.9 Å². The highest BCUT2D eigenvalue weighted by Crippen LogP contribution is 2.17. The van der Waals surface area contributed by atoms with E-state index in [1.807, 2.05) is 0 Å². The van der Waals surface area contributed by atoms with E-state index in [-0.39, 0.29) is 6.10 Å². The van der Waals surface area contributed by atoms with Gasteiger partial charge in [-0.3, -0.25) is 9.80 Å². The van der Waals surface area contributed by atoms with Gasteiger partial charge >= 0.3 is 0 Å². The molecule has 1 N–H and O–H groups in total. The molecule has 5 heteroatoms. The molecule has 0 bridgehead atoms. The van der Waals surface area contributed by atoms with Crippen LogP contribution in [0.4, 0.5) is 0 Å². The topological polar surface area (TPSA) is 35.9 Å². The molecule has 2 aliphatic rings. The number of alkyl halides is 1. The Morgan fingerprint density at radius 3 is 2.75 bits per heavy atom. The third kappa shape index (κ3) is 3.40. The molecular weight excluding hydrogens is 272 g/mol. The van der Waals surface area contributed by atoms with Gasteiger partial charge in [0.25, 0.3) is 0 Å². The molecule has 2 unspecified atom stereocenters. The molecule has 2 aliphatic heterocycles. The smallest absolute Gasteiger partial charge is 0.0763 e. The van der Waals surface area contributed by atoms with E-state index >= 15 is 0 Å². The number of nitrogens with zero attached hydrogens (tertiary/aromatic N) is 2. The third-order valence-corrected chi connectivity index (χ3v) is 4.20. The van der Waals surface area contributed by atoms with Crippen molar-refractivity contribution in [3.8, 4) is 0 Å². The SMILES string of the molecule is OC(CBr)CN1CCC(N2CCOCC2)C1. The maximum absolute atomic E-state index is 9.59. The molecule has 2 saturated heterocycles. The average molecular weight is 293 g/mol. The van der Waals surface area contributed by atoms with E-state index in [2.05, 4.69) is 25.7 Å². The number of aliphatic hydroxyl groups excluding tert-OH is 1. The fourth-order valence-electron chi connectivity index (χ4n) is 2.57. The summed E-state index contributed by atoms with van der Waals surface area (Å²) in [4.78, 5) is 4.90. The summed E-state index contributed by atoms with van der Waals surface area (Å²) in [6, 6.07) is 0.673. The van der Waals surface area contributed by atoms with Gasteiger partial charge in [0, 0.05) is 37.6 Å². The summed E-state index contributed by atoms with van der Waals surface area (Å²) in [6.45, 7) is 6.91. The fourth-order valence-corrected chi connectivity index (χ4v) is 2.77. The van der Waals surface area contributed by atoms with Gasteiger partial charge in [0.05, 0.1) is 19.3 Å². The molecule has 94 valence electrons. The van der Waals surface area contributed by atoms with Crippen molar-refractivity contribution in [2.24, 2.45) is 0 Å². The predicted octanol–water partition coefficient (Wildman–Crippen LogP) is 0.149. The van der Waals surface area contributed by atoms with Crippen LogP contribution in [0.1, 0.15) is 6.42 Å². The maximum Gasteiger partial charge on any atom is 0.0763 e. The summed E-state index contributed by atoms with van der Waals surface area (Å²) in [5.41, 5.74) is 0. The third-order valence-electron chi connectivity index (χ3n) is 3.46. The molecule has 2 fully saturated rings. The Morgan fingerprint density at radius 2 is 2.06 bits per heavy atom. The highest BCUT2D eigenvalue weighted by molar-refractivity contribution is 9.09. The lowest BCUT2D eigenvalue weighted by atomic mass is 10.2. The van der Waals surface area contributed by atoms with E-state index in [1.165, 1.54) is 6.42 Å². The minimum atomic E-state index is -0.233. The Balaban J connectivity index is 1.74. The largest absolute Gasteiger partial charge is 0.391 e. The van der Waals surface area contributed by atoms with Crippen LogP contribution in [0.3, 0.4) is 0 Å². The number of morpholine rings is 1. The molecule has 0 aromatic heterocycles. The first-order valence-corrected chi connectivity index (χ1v) is 7.20. The van der Waals surface area contributed by atoms with Gasteiger partial charge in [0.15, 0.2) is 0 Å². The second-order valence-corrected chi connectivity index (χ2v) is 5.31. The molecule has 0 spiro atoms. The molecule has 0 saturated carbocycles. The van der Waals surface area contributed by atoms with Gasteiger partial charge in [0.1, 0.15) is 0 Å². The Bertz CT molecular complexity index is 212. The first-order chi connectivity index (χ1) is 7.79. The highest BCUT2D eigenvalue weighted by Gasteiger charge is 2.29. The van der Waals surface area contributed by atoms with Crippen molar-refractivity contribution in [2.45, 2.75) is 18.6 Å². The summed E-state index contributed by atoms with van der Waals surface area (Å²) in [6.07, 6.45) is 0.998. The van der Waals surface area contributed by atoms with E-state index < -0.39 is 0 Å². The van der Waals surface area contributed by atoms with Crippen LogP contribution in [0.5, 0.6) is 0 Å². The highest BCUT2D eigenvalue weighted by atomic mass is 79.9. The molecule has 0 aromatic rings. The minimum absolute atomic E-state index is 0.233. The molecular formula is C11H21BrN2O2. The van der Waals surface area contributed by atoms with Crippen molar-refractivity contribution in [3.63, 3.8) is 0 Å². The van der Waals surface area contributed by atoms with Crippen molar-refractivity contribution in [1.82, 2.24) is 9.80 Å². The first kappa shape index (κ1) is 12.8. The van der Waals surface area contributed by atoms with Crippen LogP contribution in [0, 0.1) is 0 Å². The molecule has 0 aliphatic carbocycles. The number of aliphatic hydroxyl groups is 1. The van der Waals surface area contributed by atoms with Gasteiger partial charge in [-0.25, -0.2) is 0 Å². The Morgan fingerprint density at radius 1 is 1.31 bits per heavy atom. The number of likely N-dealkylation sites (tertiary alicyclic amines) is 1. The van der Waals surface area contributed by atoms with Gasteiger partial charge in [-0.2, -0.15) is 0 Å². The molecule has 2 rings (SSSR count). The monoisotopic (exact) mass is 292 g/mol. The minimum Gasteiger partial charge on any atom is -0.391 e. The molecule has 0 amide bonds. The lowest BCUT2D eigenvalue weighted by molar-refractivity contribution is 0.0177. The molecule has 0 radical (unpaired) electrons. The van der Waals surface area contributed by atoms with Crippen LogP contribution in [0.2, 0.25) is 0 Å². The Labute approximate surface area is 106 Å².